The molecule has 4 nitrogen and oxygen atoms in total. The van der Waals surface area contributed by atoms with Gasteiger partial charge in [-0.15, -0.1) is 0 Å². The maximum atomic E-state index is 12.4. The summed E-state index contributed by atoms with van der Waals surface area (Å²) in [6.45, 7) is 4.47. The van der Waals surface area contributed by atoms with Crippen LogP contribution in [0.2, 0.25) is 0 Å². The summed E-state index contributed by atoms with van der Waals surface area (Å²) in [5.74, 6) is 3.05. The first-order valence-corrected chi connectivity index (χ1v) is 9.77. The number of rotatable bonds is 6. The lowest BCUT2D eigenvalue weighted by Crippen LogP contribution is -2.46. The van der Waals surface area contributed by atoms with Gasteiger partial charge in [-0.25, -0.2) is 0 Å². The Morgan fingerprint density at radius 3 is 2.48 bits per heavy atom. The quantitative estimate of drug-likeness (QED) is 0.858. The number of hydrogen-bond donors (Lipinski definition) is 1. The van der Waals surface area contributed by atoms with Gasteiger partial charge in [-0.05, 0) is 36.8 Å². The molecule has 3 rings (SSSR count). The number of nitrogens with zero attached hydrogens (tertiary/aromatic N) is 1. The number of amides is 1. The van der Waals surface area contributed by atoms with Crippen LogP contribution in [0, 0.1) is 0 Å². The highest BCUT2D eigenvalue weighted by atomic mass is 32.2. The minimum Gasteiger partial charge on any atom is -0.489 e. The van der Waals surface area contributed by atoms with Gasteiger partial charge in [-0.1, -0.05) is 30.3 Å². The van der Waals surface area contributed by atoms with Gasteiger partial charge < -0.3 is 10.1 Å². The number of thioether (sulfide) groups is 1. The maximum Gasteiger partial charge on any atom is 0.241 e. The van der Waals surface area contributed by atoms with E-state index in [2.05, 4.69) is 10.2 Å². The largest absolute Gasteiger partial charge is 0.489 e. The van der Waals surface area contributed by atoms with E-state index >= 15 is 0 Å². The molecule has 132 valence electrons. The molecule has 0 radical (unpaired) electrons. The summed E-state index contributed by atoms with van der Waals surface area (Å²) in [5.41, 5.74) is 1.93. The number of nitrogens with one attached hydrogen (secondary N) is 1. The first-order valence-electron chi connectivity index (χ1n) is 8.62. The van der Waals surface area contributed by atoms with E-state index in [0.29, 0.717) is 6.61 Å². The van der Waals surface area contributed by atoms with E-state index in [1.165, 1.54) is 0 Å². The van der Waals surface area contributed by atoms with Gasteiger partial charge in [0.1, 0.15) is 12.4 Å². The van der Waals surface area contributed by atoms with Crippen LogP contribution in [0.5, 0.6) is 5.75 Å². The molecule has 1 unspecified atom stereocenters. The lowest BCUT2D eigenvalue weighted by Gasteiger charge is -2.31. The Morgan fingerprint density at radius 1 is 1.12 bits per heavy atom. The molecule has 1 fully saturated rings. The molecule has 1 atom stereocenters. The average Bonchev–Trinajstić information content (AvgIpc) is 2.68. The Balaban J connectivity index is 1.50. The smallest absolute Gasteiger partial charge is 0.241 e. The Morgan fingerprint density at radius 2 is 1.80 bits per heavy atom. The van der Waals surface area contributed by atoms with E-state index < -0.39 is 0 Å². The molecule has 0 spiro atoms. The van der Waals surface area contributed by atoms with Crippen molar-refractivity contribution in [3.8, 4) is 5.75 Å². The maximum absolute atomic E-state index is 12.4. The Kier molecular flexibility index (Phi) is 6.36. The van der Waals surface area contributed by atoms with Crippen LogP contribution >= 0.6 is 11.8 Å². The molecule has 5 heteroatoms. The van der Waals surface area contributed by atoms with Gasteiger partial charge in [0.25, 0.3) is 0 Å². The number of carbonyl (C=O) groups excluding carboxylic acids is 1. The summed E-state index contributed by atoms with van der Waals surface area (Å²) in [4.78, 5) is 14.7. The second-order valence-electron chi connectivity index (χ2n) is 6.11. The molecule has 1 N–H and O–H groups in total. The van der Waals surface area contributed by atoms with Gasteiger partial charge in [0, 0.05) is 30.3 Å². The van der Waals surface area contributed by atoms with Crippen molar-refractivity contribution in [2.75, 3.05) is 29.9 Å². The molecule has 0 aliphatic carbocycles. The third kappa shape index (κ3) is 5.25. The predicted octanol–water partition coefficient (Wildman–Crippen LogP) is 3.64. The molecular formula is C20H24N2O2S. The topological polar surface area (TPSA) is 41.6 Å². The molecule has 25 heavy (non-hydrogen) atoms. The molecule has 1 heterocycles. The Labute approximate surface area is 153 Å². The van der Waals surface area contributed by atoms with E-state index in [9.17, 15) is 4.79 Å². The molecule has 1 saturated heterocycles. The van der Waals surface area contributed by atoms with Crippen molar-refractivity contribution >= 4 is 23.4 Å². The highest BCUT2D eigenvalue weighted by Gasteiger charge is 2.22. The van der Waals surface area contributed by atoms with Crippen LogP contribution in [0.3, 0.4) is 0 Å². The number of anilines is 1. The predicted molar refractivity (Wildman–Crippen MR) is 104 cm³/mol. The van der Waals surface area contributed by atoms with Gasteiger partial charge in [0.05, 0.1) is 6.04 Å². The van der Waals surface area contributed by atoms with Crippen molar-refractivity contribution < 1.29 is 9.53 Å². The zero-order chi connectivity index (χ0) is 17.5. The fourth-order valence-electron chi connectivity index (χ4n) is 2.75. The third-order valence-corrected chi connectivity index (χ3v) is 5.29. The second-order valence-corrected chi connectivity index (χ2v) is 7.34. The van der Waals surface area contributed by atoms with E-state index in [4.69, 9.17) is 4.74 Å². The first kappa shape index (κ1) is 17.8. The fraction of sp³-hybridized carbons (Fsp3) is 0.350. The first-order chi connectivity index (χ1) is 12.2. The molecule has 2 aromatic rings. The Bertz CT molecular complexity index is 670. The van der Waals surface area contributed by atoms with Crippen LogP contribution in [0.25, 0.3) is 0 Å². The van der Waals surface area contributed by atoms with Gasteiger partial charge in [-0.2, -0.15) is 11.8 Å². The van der Waals surface area contributed by atoms with E-state index in [1.54, 1.807) is 0 Å². The molecule has 1 amide bonds. The van der Waals surface area contributed by atoms with Crippen LogP contribution < -0.4 is 10.1 Å². The molecule has 1 aliphatic rings. The minimum absolute atomic E-state index is 0.0462. The number of hydrogen-bond acceptors (Lipinski definition) is 4. The lowest BCUT2D eigenvalue weighted by atomic mass is 10.2. The van der Waals surface area contributed by atoms with Crippen LogP contribution in [0.1, 0.15) is 12.5 Å². The summed E-state index contributed by atoms with van der Waals surface area (Å²) in [6, 6.07) is 17.5. The normalized spacial score (nSPS) is 16.2. The van der Waals surface area contributed by atoms with Gasteiger partial charge in [0.15, 0.2) is 0 Å². The SMILES string of the molecule is CC(C(=O)Nc1ccc(OCc2ccccc2)cc1)N1CCSCC1. The van der Waals surface area contributed by atoms with Gasteiger partial charge >= 0.3 is 0 Å². The Hall–Kier alpha value is -1.98. The third-order valence-electron chi connectivity index (χ3n) is 4.34. The van der Waals surface area contributed by atoms with Crippen molar-refractivity contribution in [3.05, 3.63) is 60.2 Å². The zero-order valence-corrected chi connectivity index (χ0v) is 15.3. The van der Waals surface area contributed by atoms with Crippen molar-refractivity contribution in [3.63, 3.8) is 0 Å². The average molecular weight is 356 g/mol. The summed E-state index contributed by atoms with van der Waals surface area (Å²) in [5, 5.41) is 3.00. The molecule has 2 aromatic carbocycles. The lowest BCUT2D eigenvalue weighted by molar-refractivity contribution is -0.120. The van der Waals surface area contributed by atoms with Gasteiger partial charge in [-0.3, -0.25) is 9.69 Å². The number of carbonyl (C=O) groups is 1. The van der Waals surface area contributed by atoms with Crippen LogP contribution in [-0.2, 0) is 11.4 Å². The summed E-state index contributed by atoms with van der Waals surface area (Å²) in [6.07, 6.45) is 0. The molecule has 1 aliphatic heterocycles. The zero-order valence-electron chi connectivity index (χ0n) is 14.5. The van der Waals surface area contributed by atoms with E-state index in [0.717, 1.165) is 41.6 Å². The van der Waals surface area contributed by atoms with Crippen molar-refractivity contribution in [1.82, 2.24) is 4.90 Å². The summed E-state index contributed by atoms with van der Waals surface area (Å²) < 4.78 is 5.77. The fourth-order valence-corrected chi connectivity index (χ4v) is 3.68. The molecule has 0 aromatic heterocycles. The monoisotopic (exact) mass is 356 g/mol. The number of ether oxygens (including phenoxy) is 1. The van der Waals surface area contributed by atoms with Crippen molar-refractivity contribution in [2.24, 2.45) is 0 Å². The highest BCUT2D eigenvalue weighted by molar-refractivity contribution is 7.99. The van der Waals surface area contributed by atoms with Crippen LogP contribution in [-0.4, -0.2) is 41.4 Å². The standard InChI is InChI=1S/C20H24N2O2S/c1-16(22-11-13-25-14-12-22)20(23)21-18-7-9-19(10-8-18)24-15-17-5-3-2-4-6-17/h2-10,16H,11-15H2,1H3,(H,21,23). The highest BCUT2D eigenvalue weighted by Crippen LogP contribution is 2.18. The molecule has 0 bridgehead atoms. The van der Waals surface area contributed by atoms with Crippen molar-refractivity contribution in [1.29, 1.82) is 0 Å². The second kappa shape index (κ2) is 8.92. The van der Waals surface area contributed by atoms with E-state index in [1.807, 2.05) is 73.3 Å². The number of benzene rings is 2. The molecular weight excluding hydrogens is 332 g/mol. The van der Waals surface area contributed by atoms with E-state index in [-0.39, 0.29) is 11.9 Å². The van der Waals surface area contributed by atoms with Crippen LogP contribution in [0.4, 0.5) is 5.69 Å². The molecule has 0 saturated carbocycles. The minimum atomic E-state index is -0.102. The van der Waals surface area contributed by atoms with Gasteiger partial charge in [0.2, 0.25) is 5.91 Å². The van der Waals surface area contributed by atoms with Crippen LogP contribution in [0.15, 0.2) is 54.6 Å². The summed E-state index contributed by atoms with van der Waals surface area (Å²) in [7, 11) is 0. The van der Waals surface area contributed by atoms with Crippen molar-refractivity contribution in [2.45, 2.75) is 19.6 Å². The summed E-state index contributed by atoms with van der Waals surface area (Å²) >= 11 is 1.95.